The van der Waals surface area contributed by atoms with Gasteiger partial charge in [0.15, 0.2) is 0 Å². The molecule has 3 fully saturated rings. The van der Waals surface area contributed by atoms with E-state index in [4.69, 9.17) is 4.74 Å². The van der Waals surface area contributed by atoms with Crippen molar-refractivity contribution in [2.24, 2.45) is 0 Å². The Labute approximate surface area is 210 Å². The number of carbonyl (C=O) groups excluding carboxylic acids is 2. The Morgan fingerprint density at radius 3 is 2.25 bits per heavy atom. The first-order chi connectivity index (χ1) is 17.5. The zero-order valence-corrected chi connectivity index (χ0v) is 20.6. The van der Waals surface area contributed by atoms with Crippen LogP contribution in [0.3, 0.4) is 0 Å². The zero-order chi connectivity index (χ0) is 25.1. The highest BCUT2D eigenvalue weighted by Crippen LogP contribution is 2.22. The van der Waals surface area contributed by atoms with Gasteiger partial charge in [-0.15, -0.1) is 0 Å². The summed E-state index contributed by atoms with van der Waals surface area (Å²) >= 11 is 0. The fourth-order valence-electron chi connectivity index (χ4n) is 4.97. The number of ether oxygens (including phenoxy) is 1. The fraction of sp³-hybridized carbons (Fsp3) is 0.500. The van der Waals surface area contributed by atoms with E-state index in [-0.39, 0.29) is 17.9 Å². The summed E-state index contributed by atoms with van der Waals surface area (Å²) in [5, 5.41) is 6.54. The van der Waals surface area contributed by atoms with Crippen molar-refractivity contribution < 1.29 is 18.7 Å². The smallest absolute Gasteiger partial charge is 0.255 e. The van der Waals surface area contributed by atoms with E-state index in [9.17, 15) is 14.0 Å². The van der Waals surface area contributed by atoms with Crippen molar-refractivity contribution in [1.82, 2.24) is 25.4 Å². The van der Waals surface area contributed by atoms with Crippen LogP contribution in [0.5, 0.6) is 5.88 Å². The first-order valence-corrected chi connectivity index (χ1v) is 12.7. The highest BCUT2D eigenvalue weighted by molar-refractivity contribution is 5.96. The number of aryl methyl sites for hydroxylation is 1. The van der Waals surface area contributed by atoms with Crippen molar-refractivity contribution >= 4 is 17.5 Å². The lowest BCUT2D eigenvalue weighted by atomic mass is 10.1. The molecule has 0 aliphatic carbocycles. The van der Waals surface area contributed by atoms with Gasteiger partial charge in [-0.2, -0.15) is 0 Å². The van der Waals surface area contributed by atoms with Gasteiger partial charge in [0, 0.05) is 81.9 Å². The third-order valence-corrected chi connectivity index (χ3v) is 7.04. The summed E-state index contributed by atoms with van der Waals surface area (Å²) in [6.07, 6.45) is 2.61. The predicted octanol–water partition coefficient (Wildman–Crippen LogP) is 1.28. The highest BCUT2D eigenvalue weighted by Gasteiger charge is 2.27. The molecule has 9 nitrogen and oxygen atoms in total. The molecule has 36 heavy (non-hydrogen) atoms. The molecular formula is C26H33FN6O3. The Morgan fingerprint density at radius 2 is 1.61 bits per heavy atom. The van der Waals surface area contributed by atoms with Gasteiger partial charge >= 0.3 is 0 Å². The molecule has 0 unspecified atom stereocenters. The number of nitrogens with zero attached hydrogens (tertiary/aromatic N) is 4. The van der Waals surface area contributed by atoms with Gasteiger partial charge in [0.2, 0.25) is 5.88 Å². The zero-order valence-electron chi connectivity index (χ0n) is 20.6. The summed E-state index contributed by atoms with van der Waals surface area (Å²) in [6.45, 7) is 8.46. The molecule has 2 amide bonds. The number of anilines is 1. The van der Waals surface area contributed by atoms with Gasteiger partial charge in [-0.05, 0) is 44.2 Å². The molecule has 10 heteroatoms. The van der Waals surface area contributed by atoms with Gasteiger partial charge in [-0.25, -0.2) is 9.37 Å². The van der Waals surface area contributed by atoms with Crippen molar-refractivity contribution in [2.75, 3.05) is 70.3 Å². The monoisotopic (exact) mass is 496 g/mol. The van der Waals surface area contributed by atoms with E-state index in [0.717, 1.165) is 56.9 Å². The van der Waals surface area contributed by atoms with Crippen LogP contribution in [0.15, 0.2) is 30.5 Å². The standard InChI is InChI=1S/C26H33FN6O3/c1-18-12-20(16-30-24(18)36-23-2-3-29-17-23)26(35)33-10-8-32(9-11-33)25(34)19-13-21(27)15-22(14-19)31-6-4-28-5-7-31/h12-16,23,28-29H,2-11,17H2,1H3/t23-/m0/s1. The molecule has 3 aliphatic heterocycles. The van der Waals surface area contributed by atoms with Crippen LogP contribution in [0.25, 0.3) is 0 Å². The number of carbonyl (C=O) groups is 2. The number of piperazine rings is 2. The number of hydrogen-bond donors (Lipinski definition) is 2. The SMILES string of the molecule is Cc1cc(C(=O)N2CCN(C(=O)c3cc(F)cc(N4CCNCC4)c3)CC2)cnc1O[C@H]1CCNC1. The molecule has 3 aliphatic rings. The van der Waals surface area contributed by atoms with Crippen LogP contribution in [-0.4, -0.2) is 98.1 Å². The molecule has 0 spiro atoms. The Hall–Kier alpha value is -3.24. The largest absolute Gasteiger partial charge is 0.473 e. The van der Waals surface area contributed by atoms with Crippen LogP contribution in [-0.2, 0) is 0 Å². The van der Waals surface area contributed by atoms with Gasteiger partial charge in [-0.3, -0.25) is 9.59 Å². The van der Waals surface area contributed by atoms with Crippen LogP contribution >= 0.6 is 0 Å². The molecule has 0 bridgehead atoms. The van der Waals surface area contributed by atoms with Crippen molar-refractivity contribution in [3.63, 3.8) is 0 Å². The minimum Gasteiger partial charge on any atom is -0.473 e. The molecular weight excluding hydrogens is 463 g/mol. The summed E-state index contributed by atoms with van der Waals surface area (Å²) in [5.41, 5.74) is 2.41. The molecule has 2 aromatic rings. The molecule has 2 N–H and O–H groups in total. The average molecular weight is 497 g/mol. The summed E-state index contributed by atoms with van der Waals surface area (Å²) in [5.74, 6) is -0.175. The third-order valence-electron chi connectivity index (χ3n) is 7.04. The lowest BCUT2D eigenvalue weighted by molar-refractivity contribution is 0.0535. The highest BCUT2D eigenvalue weighted by atomic mass is 19.1. The second kappa shape index (κ2) is 10.8. The fourth-order valence-corrected chi connectivity index (χ4v) is 4.97. The van der Waals surface area contributed by atoms with E-state index in [2.05, 4.69) is 20.5 Å². The van der Waals surface area contributed by atoms with E-state index in [1.807, 2.05) is 13.0 Å². The number of nitrogens with one attached hydrogen (secondary N) is 2. The van der Waals surface area contributed by atoms with Gasteiger partial charge in [0.05, 0.1) is 5.56 Å². The Morgan fingerprint density at radius 1 is 0.917 bits per heavy atom. The summed E-state index contributed by atoms with van der Waals surface area (Å²) in [6, 6.07) is 6.36. The molecule has 3 saturated heterocycles. The number of hydrogen-bond acceptors (Lipinski definition) is 7. The van der Waals surface area contributed by atoms with E-state index in [1.54, 1.807) is 22.1 Å². The summed E-state index contributed by atoms with van der Waals surface area (Å²) in [4.78, 5) is 36.1. The second-order valence-corrected chi connectivity index (χ2v) is 9.60. The van der Waals surface area contributed by atoms with Crippen molar-refractivity contribution in [1.29, 1.82) is 0 Å². The van der Waals surface area contributed by atoms with E-state index in [0.29, 0.717) is 43.2 Å². The minimum atomic E-state index is -0.414. The normalized spacial score (nSPS) is 20.5. The summed E-state index contributed by atoms with van der Waals surface area (Å²) in [7, 11) is 0. The first kappa shape index (κ1) is 24.5. The van der Waals surface area contributed by atoms with Crippen molar-refractivity contribution in [3.8, 4) is 5.88 Å². The Bertz CT molecular complexity index is 1110. The van der Waals surface area contributed by atoms with Gasteiger partial charge in [0.1, 0.15) is 11.9 Å². The van der Waals surface area contributed by atoms with Gasteiger partial charge < -0.3 is 30.1 Å². The van der Waals surface area contributed by atoms with E-state index < -0.39 is 5.82 Å². The molecule has 1 atom stereocenters. The lowest BCUT2D eigenvalue weighted by Gasteiger charge is -2.35. The molecule has 5 rings (SSSR count). The maximum atomic E-state index is 14.4. The van der Waals surface area contributed by atoms with Crippen molar-refractivity contribution in [2.45, 2.75) is 19.4 Å². The first-order valence-electron chi connectivity index (χ1n) is 12.7. The summed E-state index contributed by atoms with van der Waals surface area (Å²) < 4.78 is 20.3. The Kier molecular flexibility index (Phi) is 7.33. The van der Waals surface area contributed by atoms with Crippen LogP contribution in [0.2, 0.25) is 0 Å². The van der Waals surface area contributed by atoms with Gasteiger partial charge in [-0.1, -0.05) is 0 Å². The van der Waals surface area contributed by atoms with Crippen LogP contribution in [0.1, 0.15) is 32.7 Å². The van der Waals surface area contributed by atoms with Crippen LogP contribution in [0, 0.1) is 12.7 Å². The number of aromatic nitrogens is 1. The molecule has 0 radical (unpaired) electrons. The number of halogens is 1. The van der Waals surface area contributed by atoms with E-state index in [1.165, 1.54) is 12.1 Å². The quantitative estimate of drug-likeness (QED) is 0.645. The maximum Gasteiger partial charge on any atom is 0.255 e. The molecule has 4 heterocycles. The lowest BCUT2D eigenvalue weighted by Crippen LogP contribution is -2.50. The molecule has 192 valence electrons. The molecule has 1 aromatic carbocycles. The van der Waals surface area contributed by atoms with Crippen molar-refractivity contribution in [3.05, 3.63) is 53.0 Å². The number of pyridine rings is 1. The van der Waals surface area contributed by atoms with Crippen LogP contribution < -0.4 is 20.3 Å². The average Bonchev–Trinajstić information content (AvgIpc) is 3.42. The second-order valence-electron chi connectivity index (χ2n) is 9.60. The van der Waals surface area contributed by atoms with E-state index >= 15 is 0 Å². The maximum absolute atomic E-state index is 14.4. The van der Waals surface area contributed by atoms with Crippen LogP contribution in [0.4, 0.5) is 10.1 Å². The number of rotatable bonds is 5. The van der Waals surface area contributed by atoms with Gasteiger partial charge in [0.25, 0.3) is 11.8 Å². The molecule has 1 aromatic heterocycles. The Balaban J connectivity index is 1.19. The molecule has 0 saturated carbocycles. The predicted molar refractivity (Wildman–Crippen MR) is 134 cm³/mol. The number of benzene rings is 1. The topological polar surface area (TPSA) is 90.0 Å². The third kappa shape index (κ3) is 5.44. The minimum absolute atomic E-state index is 0.106. The number of amides is 2.